The number of nitrogens with one attached hydrogen (secondary N) is 1. The lowest BCUT2D eigenvalue weighted by Gasteiger charge is -2.07. The van der Waals surface area contributed by atoms with Crippen molar-refractivity contribution in [1.29, 1.82) is 0 Å². The van der Waals surface area contributed by atoms with Gasteiger partial charge in [-0.1, -0.05) is 50.6 Å². The molecule has 1 fully saturated rings. The Morgan fingerprint density at radius 3 is 2.56 bits per heavy atom. The van der Waals surface area contributed by atoms with Crippen LogP contribution in [0.15, 0.2) is 59.9 Å². The molecule has 2 atom stereocenters. The number of phenolic OH excluding ortho intramolecular Hbond substituents is 1. The van der Waals surface area contributed by atoms with Gasteiger partial charge in [-0.05, 0) is 29.7 Å². The molecule has 0 spiro atoms. The summed E-state index contributed by atoms with van der Waals surface area (Å²) in [7, 11) is 0. The minimum absolute atomic E-state index is 0.138. The number of ketones is 1. The summed E-state index contributed by atoms with van der Waals surface area (Å²) in [5.41, 5.74) is 0.598. The van der Waals surface area contributed by atoms with Gasteiger partial charge in [0.1, 0.15) is 17.1 Å². The molecular weight excluding hydrogens is 318 g/mol. The summed E-state index contributed by atoms with van der Waals surface area (Å²) < 4.78 is 0. The van der Waals surface area contributed by atoms with Crippen molar-refractivity contribution < 1.29 is 19.8 Å². The minimum atomic E-state index is -0.710. The van der Waals surface area contributed by atoms with Crippen molar-refractivity contribution >= 4 is 11.7 Å². The molecule has 132 valence electrons. The third kappa shape index (κ3) is 4.83. The third-order valence-corrected chi connectivity index (χ3v) is 4.18. The van der Waals surface area contributed by atoms with E-state index in [2.05, 4.69) is 19.2 Å². The average Bonchev–Trinajstić information content (AvgIpc) is 2.87. The number of hydrogen-bond acceptors (Lipinski definition) is 4. The van der Waals surface area contributed by atoms with Crippen molar-refractivity contribution in [3.8, 4) is 5.75 Å². The monoisotopic (exact) mass is 341 g/mol. The lowest BCUT2D eigenvalue weighted by atomic mass is 10.0. The average molecular weight is 341 g/mol. The van der Waals surface area contributed by atoms with Gasteiger partial charge in [0, 0.05) is 6.42 Å². The quantitative estimate of drug-likeness (QED) is 0.321. The molecule has 1 aromatic rings. The molecule has 1 aliphatic rings. The SMILES string of the molecule is CCC(C)/C=C/C=C/C(O)=C1/C(=O)NC(Cc2ccc(O)cc2)C1=O. The number of hydrogen-bond donors (Lipinski definition) is 3. The molecule has 1 heterocycles. The maximum absolute atomic E-state index is 12.4. The van der Waals surface area contributed by atoms with Crippen LogP contribution in [0.25, 0.3) is 0 Å². The smallest absolute Gasteiger partial charge is 0.259 e. The second-order valence-corrected chi connectivity index (χ2v) is 6.15. The lowest BCUT2D eigenvalue weighted by Crippen LogP contribution is -2.31. The van der Waals surface area contributed by atoms with Crippen LogP contribution in [-0.2, 0) is 16.0 Å². The fourth-order valence-electron chi connectivity index (χ4n) is 2.46. The van der Waals surface area contributed by atoms with Gasteiger partial charge < -0.3 is 15.5 Å². The summed E-state index contributed by atoms with van der Waals surface area (Å²) in [6.45, 7) is 4.15. The summed E-state index contributed by atoms with van der Waals surface area (Å²) in [5.74, 6) is -0.762. The van der Waals surface area contributed by atoms with E-state index in [1.165, 1.54) is 18.2 Å². The van der Waals surface area contributed by atoms with Crippen LogP contribution in [0, 0.1) is 5.92 Å². The highest BCUT2D eigenvalue weighted by Crippen LogP contribution is 2.19. The van der Waals surface area contributed by atoms with E-state index in [1.54, 1.807) is 24.3 Å². The zero-order valence-corrected chi connectivity index (χ0v) is 14.4. The van der Waals surface area contributed by atoms with E-state index in [-0.39, 0.29) is 17.1 Å². The number of Topliss-reactive ketones (excluding diaryl/α,β-unsaturated/α-hetero) is 1. The van der Waals surface area contributed by atoms with Crippen LogP contribution in [0.3, 0.4) is 0 Å². The van der Waals surface area contributed by atoms with Crippen LogP contribution in [0.4, 0.5) is 0 Å². The number of aliphatic hydroxyl groups excluding tert-OH is 1. The zero-order valence-electron chi connectivity index (χ0n) is 14.4. The van der Waals surface area contributed by atoms with Crippen LogP contribution < -0.4 is 5.32 Å². The van der Waals surface area contributed by atoms with Gasteiger partial charge in [-0.2, -0.15) is 0 Å². The first-order valence-corrected chi connectivity index (χ1v) is 8.33. The zero-order chi connectivity index (χ0) is 18.4. The van der Waals surface area contributed by atoms with Gasteiger partial charge in [0.05, 0.1) is 6.04 Å². The topological polar surface area (TPSA) is 86.6 Å². The minimum Gasteiger partial charge on any atom is -0.508 e. The Morgan fingerprint density at radius 1 is 1.24 bits per heavy atom. The van der Waals surface area contributed by atoms with Gasteiger partial charge in [0.25, 0.3) is 5.91 Å². The molecule has 0 aliphatic carbocycles. The standard InChI is InChI=1S/C20H23NO4/c1-3-13(2)6-4-5-7-17(23)18-19(24)16(21-20(18)25)12-14-8-10-15(22)11-9-14/h4-11,13,16,22-23H,3,12H2,1-2H3,(H,21,25)/b6-4+,7-5+,18-17-. The molecule has 1 saturated heterocycles. The fourth-order valence-corrected chi connectivity index (χ4v) is 2.46. The van der Waals surface area contributed by atoms with Gasteiger partial charge in [-0.3, -0.25) is 9.59 Å². The number of phenols is 1. The van der Waals surface area contributed by atoms with Crippen molar-refractivity contribution in [3.05, 3.63) is 65.5 Å². The Balaban J connectivity index is 2.10. The molecule has 0 aromatic heterocycles. The first-order chi connectivity index (χ1) is 11.9. The number of benzene rings is 1. The molecule has 5 heteroatoms. The Labute approximate surface area is 147 Å². The van der Waals surface area contributed by atoms with E-state index in [0.717, 1.165) is 12.0 Å². The highest BCUT2D eigenvalue weighted by molar-refractivity contribution is 6.27. The second kappa shape index (κ2) is 8.33. The molecule has 3 N–H and O–H groups in total. The molecule has 1 amide bonds. The van der Waals surface area contributed by atoms with E-state index in [1.807, 2.05) is 6.08 Å². The summed E-state index contributed by atoms with van der Waals surface area (Å²) in [5, 5.41) is 22.0. The first kappa shape index (κ1) is 18.5. The van der Waals surface area contributed by atoms with E-state index >= 15 is 0 Å². The van der Waals surface area contributed by atoms with Gasteiger partial charge in [-0.15, -0.1) is 0 Å². The highest BCUT2D eigenvalue weighted by atomic mass is 16.3. The number of amides is 1. The summed E-state index contributed by atoms with van der Waals surface area (Å²) in [6.07, 6.45) is 8.06. The number of allylic oxidation sites excluding steroid dienone is 4. The molecule has 1 aromatic carbocycles. The molecular formula is C20H23NO4. The predicted molar refractivity (Wildman–Crippen MR) is 96.1 cm³/mol. The fraction of sp³-hybridized carbons (Fsp3) is 0.300. The van der Waals surface area contributed by atoms with Gasteiger partial charge >= 0.3 is 0 Å². The van der Waals surface area contributed by atoms with Crippen LogP contribution >= 0.6 is 0 Å². The maximum atomic E-state index is 12.4. The molecule has 2 rings (SSSR count). The Bertz CT molecular complexity index is 729. The van der Waals surface area contributed by atoms with Gasteiger partial charge in [0.2, 0.25) is 0 Å². The molecule has 0 saturated carbocycles. The normalized spacial score (nSPS) is 21.1. The van der Waals surface area contributed by atoms with E-state index in [9.17, 15) is 19.8 Å². The molecule has 5 nitrogen and oxygen atoms in total. The first-order valence-electron chi connectivity index (χ1n) is 8.33. The molecule has 1 aliphatic heterocycles. The summed E-state index contributed by atoms with van der Waals surface area (Å²) in [4.78, 5) is 24.4. The highest BCUT2D eigenvalue weighted by Gasteiger charge is 2.37. The van der Waals surface area contributed by atoms with E-state index < -0.39 is 17.7 Å². The van der Waals surface area contributed by atoms with Gasteiger partial charge in [0.15, 0.2) is 5.78 Å². The van der Waals surface area contributed by atoms with Crippen molar-refractivity contribution in [2.75, 3.05) is 0 Å². The largest absolute Gasteiger partial charge is 0.508 e. The number of aliphatic hydroxyl groups is 1. The van der Waals surface area contributed by atoms with Crippen molar-refractivity contribution in [1.82, 2.24) is 5.32 Å². The molecule has 0 bridgehead atoms. The Kier molecular flexibility index (Phi) is 6.17. The number of carbonyl (C=O) groups excluding carboxylic acids is 2. The number of rotatable bonds is 6. The van der Waals surface area contributed by atoms with Crippen LogP contribution in [0.5, 0.6) is 5.75 Å². The number of carbonyl (C=O) groups is 2. The van der Waals surface area contributed by atoms with Crippen molar-refractivity contribution in [2.45, 2.75) is 32.7 Å². The van der Waals surface area contributed by atoms with E-state index in [0.29, 0.717) is 12.3 Å². The van der Waals surface area contributed by atoms with Crippen molar-refractivity contribution in [3.63, 3.8) is 0 Å². The molecule has 25 heavy (non-hydrogen) atoms. The van der Waals surface area contributed by atoms with E-state index in [4.69, 9.17) is 0 Å². The number of aromatic hydroxyl groups is 1. The predicted octanol–water partition coefficient (Wildman–Crippen LogP) is 2.97. The molecule has 2 unspecified atom stereocenters. The van der Waals surface area contributed by atoms with Crippen LogP contribution in [-0.4, -0.2) is 27.9 Å². The van der Waals surface area contributed by atoms with Gasteiger partial charge in [-0.25, -0.2) is 0 Å². The third-order valence-electron chi connectivity index (χ3n) is 4.18. The van der Waals surface area contributed by atoms with Crippen molar-refractivity contribution in [2.24, 2.45) is 5.92 Å². The Morgan fingerprint density at radius 2 is 1.92 bits per heavy atom. The molecule has 0 radical (unpaired) electrons. The van der Waals surface area contributed by atoms with Crippen LogP contribution in [0.2, 0.25) is 0 Å². The summed E-state index contributed by atoms with van der Waals surface area (Å²) in [6, 6.07) is 5.72. The lowest BCUT2D eigenvalue weighted by molar-refractivity contribution is -0.117. The summed E-state index contributed by atoms with van der Waals surface area (Å²) >= 11 is 0. The Hall–Kier alpha value is -2.82. The maximum Gasteiger partial charge on any atom is 0.259 e. The second-order valence-electron chi connectivity index (χ2n) is 6.15. The van der Waals surface area contributed by atoms with Crippen LogP contribution in [0.1, 0.15) is 25.8 Å².